The number of allylic oxidation sites excluding steroid dienone is 5. The van der Waals surface area contributed by atoms with Crippen LogP contribution in [0.25, 0.3) is 0 Å². The van der Waals surface area contributed by atoms with Gasteiger partial charge in [0.05, 0.1) is 12.2 Å². The van der Waals surface area contributed by atoms with E-state index in [0.717, 1.165) is 63.2 Å². The standard InChI is InChI=1S/C39H68O2/c1-9-30-14-20-33(21-15-30)39(36(10-2)32-18-12-27(6)13-19-32)38(26(4)5)29(8)28(7)24-34(37(41)11-3)25-31-16-22-35(40)23-17-31/h18,26-27,29-31,33-35,37-38,40-41H,7,9-17,19-25H2,1-6,8H3/b39-36+/t27-,29-,30?,31?,33?,34?,35?,37-,38+/m1/s1. The Morgan fingerprint density at radius 3 is 2.07 bits per heavy atom. The molecular weight excluding hydrogens is 500 g/mol. The zero-order chi connectivity index (χ0) is 30.1. The third-order valence-electron chi connectivity index (χ3n) is 11.8. The molecule has 0 saturated heterocycles. The third-order valence-corrected chi connectivity index (χ3v) is 11.8. The Labute approximate surface area is 255 Å². The molecule has 0 amide bonds. The van der Waals surface area contributed by atoms with Gasteiger partial charge in [-0.25, -0.2) is 0 Å². The van der Waals surface area contributed by atoms with Crippen LogP contribution in [0.2, 0.25) is 0 Å². The lowest BCUT2D eigenvalue weighted by Gasteiger charge is -2.41. The molecule has 1 unspecified atom stereocenters. The van der Waals surface area contributed by atoms with Gasteiger partial charge in [0, 0.05) is 0 Å². The highest BCUT2D eigenvalue weighted by molar-refractivity contribution is 5.40. The van der Waals surface area contributed by atoms with E-state index in [1.807, 2.05) is 0 Å². The van der Waals surface area contributed by atoms with Gasteiger partial charge in [-0.3, -0.25) is 0 Å². The number of rotatable bonds is 14. The minimum Gasteiger partial charge on any atom is -0.393 e. The van der Waals surface area contributed by atoms with Crippen molar-refractivity contribution in [1.29, 1.82) is 0 Å². The predicted molar refractivity (Wildman–Crippen MR) is 178 cm³/mol. The van der Waals surface area contributed by atoms with Gasteiger partial charge in [0.15, 0.2) is 0 Å². The van der Waals surface area contributed by atoms with E-state index in [0.29, 0.717) is 29.6 Å². The summed E-state index contributed by atoms with van der Waals surface area (Å²) in [6.45, 7) is 21.5. The van der Waals surface area contributed by atoms with Crippen LogP contribution in [0, 0.1) is 47.3 Å². The van der Waals surface area contributed by atoms with Gasteiger partial charge in [0.1, 0.15) is 0 Å². The van der Waals surface area contributed by atoms with Crippen LogP contribution >= 0.6 is 0 Å². The van der Waals surface area contributed by atoms with Gasteiger partial charge in [-0.2, -0.15) is 0 Å². The largest absolute Gasteiger partial charge is 0.393 e. The molecule has 2 saturated carbocycles. The van der Waals surface area contributed by atoms with Crippen molar-refractivity contribution < 1.29 is 10.2 Å². The summed E-state index contributed by atoms with van der Waals surface area (Å²) in [6, 6.07) is 0. The van der Waals surface area contributed by atoms with Gasteiger partial charge in [-0.15, -0.1) is 0 Å². The van der Waals surface area contributed by atoms with E-state index < -0.39 is 0 Å². The molecule has 2 nitrogen and oxygen atoms in total. The molecule has 3 rings (SSSR count). The molecule has 0 spiro atoms. The minimum absolute atomic E-state index is 0.115. The monoisotopic (exact) mass is 569 g/mol. The van der Waals surface area contributed by atoms with Crippen LogP contribution < -0.4 is 0 Å². The van der Waals surface area contributed by atoms with Crippen LogP contribution in [-0.4, -0.2) is 22.4 Å². The molecule has 5 atom stereocenters. The van der Waals surface area contributed by atoms with E-state index >= 15 is 0 Å². The van der Waals surface area contributed by atoms with Gasteiger partial charge >= 0.3 is 0 Å². The molecule has 0 aromatic heterocycles. The second-order valence-electron chi connectivity index (χ2n) is 15.1. The minimum atomic E-state index is -0.261. The molecule has 0 aromatic rings. The summed E-state index contributed by atoms with van der Waals surface area (Å²) in [7, 11) is 0. The number of hydrogen-bond donors (Lipinski definition) is 2. The van der Waals surface area contributed by atoms with E-state index in [9.17, 15) is 10.2 Å². The van der Waals surface area contributed by atoms with Crippen molar-refractivity contribution in [1.82, 2.24) is 0 Å². The van der Waals surface area contributed by atoms with Gasteiger partial charge < -0.3 is 10.2 Å². The molecule has 0 aliphatic heterocycles. The molecular formula is C39H68O2. The Kier molecular flexibility index (Phi) is 14.2. The molecule has 41 heavy (non-hydrogen) atoms. The second kappa shape index (κ2) is 16.8. The smallest absolute Gasteiger partial charge is 0.0568 e. The quantitative estimate of drug-likeness (QED) is 0.205. The highest BCUT2D eigenvalue weighted by atomic mass is 16.3. The molecule has 0 radical (unpaired) electrons. The highest BCUT2D eigenvalue weighted by Crippen LogP contribution is 2.48. The number of aliphatic hydroxyl groups excluding tert-OH is 2. The zero-order valence-electron chi connectivity index (χ0n) is 28.3. The zero-order valence-corrected chi connectivity index (χ0v) is 28.3. The third kappa shape index (κ3) is 9.56. The van der Waals surface area contributed by atoms with Crippen LogP contribution in [-0.2, 0) is 0 Å². The predicted octanol–water partition coefficient (Wildman–Crippen LogP) is 10.8. The summed E-state index contributed by atoms with van der Waals surface area (Å²) < 4.78 is 0. The molecule has 2 heteroatoms. The SMILES string of the molecule is C=C(CC(CC1CCC(O)CC1)[C@H](O)CC)[C@@H](C)[C@@H](/C(=C(\CC)C1=CC[C@@H](C)CC1)C1CCC(CC)CC1)C(C)C. The van der Waals surface area contributed by atoms with Crippen LogP contribution in [0.4, 0.5) is 0 Å². The summed E-state index contributed by atoms with van der Waals surface area (Å²) in [5.41, 5.74) is 6.54. The molecule has 0 aromatic carbocycles. The number of hydrogen-bond acceptors (Lipinski definition) is 2. The van der Waals surface area contributed by atoms with Gasteiger partial charge in [-0.1, -0.05) is 78.7 Å². The highest BCUT2D eigenvalue weighted by Gasteiger charge is 2.36. The van der Waals surface area contributed by atoms with Crippen molar-refractivity contribution in [3.05, 3.63) is 34.9 Å². The summed E-state index contributed by atoms with van der Waals surface area (Å²) in [5.74, 6) is 4.85. The average molecular weight is 569 g/mol. The van der Waals surface area contributed by atoms with Gasteiger partial charge in [0.2, 0.25) is 0 Å². The topological polar surface area (TPSA) is 40.5 Å². The summed E-state index contributed by atoms with van der Waals surface area (Å²) in [4.78, 5) is 0. The molecule has 3 aliphatic carbocycles. The van der Waals surface area contributed by atoms with E-state index in [1.165, 1.54) is 56.9 Å². The van der Waals surface area contributed by atoms with Crippen molar-refractivity contribution in [2.45, 2.75) is 163 Å². The molecule has 2 fully saturated rings. The Bertz CT molecular complexity index is 849. The Morgan fingerprint density at radius 1 is 0.927 bits per heavy atom. The Hall–Kier alpha value is -0.860. The van der Waals surface area contributed by atoms with Crippen LogP contribution in [0.15, 0.2) is 34.9 Å². The second-order valence-corrected chi connectivity index (χ2v) is 15.1. The van der Waals surface area contributed by atoms with E-state index in [-0.39, 0.29) is 18.1 Å². The Balaban J connectivity index is 1.91. The maximum atomic E-state index is 11.2. The van der Waals surface area contributed by atoms with E-state index in [2.05, 4.69) is 54.5 Å². The maximum absolute atomic E-state index is 11.2. The van der Waals surface area contributed by atoms with Crippen molar-refractivity contribution in [2.24, 2.45) is 47.3 Å². The number of aliphatic hydroxyl groups is 2. The summed E-state index contributed by atoms with van der Waals surface area (Å²) in [5, 5.41) is 21.2. The lowest BCUT2D eigenvalue weighted by atomic mass is 9.64. The normalized spacial score (nSPS) is 31.2. The lowest BCUT2D eigenvalue weighted by Crippen LogP contribution is -2.31. The first-order chi connectivity index (χ1) is 19.6. The summed E-state index contributed by atoms with van der Waals surface area (Å²) in [6.07, 6.45) is 20.9. The molecule has 0 bridgehead atoms. The van der Waals surface area contributed by atoms with Crippen LogP contribution in [0.1, 0.15) is 151 Å². The molecule has 0 heterocycles. The Morgan fingerprint density at radius 2 is 1.56 bits per heavy atom. The lowest BCUT2D eigenvalue weighted by molar-refractivity contribution is 0.0633. The van der Waals surface area contributed by atoms with Crippen molar-refractivity contribution in [3.63, 3.8) is 0 Å². The van der Waals surface area contributed by atoms with Gasteiger partial charge in [0.25, 0.3) is 0 Å². The fourth-order valence-corrected chi connectivity index (χ4v) is 8.96. The maximum Gasteiger partial charge on any atom is 0.0568 e. The van der Waals surface area contributed by atoms with E-state index in [1.54, 1.807) is 16.7 Å². The molecule has 2 N–H and O–H groups in total. The van der Waals surface area contributed by atoms with Crippen molar-refractivity contribution in [2.75, 3.05) is 0 Å². The first kappa shape index (κ1) is 34.6. The van der Waals surface area contributed by atoms with Crippen LogP contribution in [0.3, 0.4) is 0 Å². The molecule has 236 valence electrons. The van der Waals surface area contributed by atoms with Gasteiger partial charge in [-0.05, 0) is 155 Å². The van der Waals surface area contributed by atoms with Crippen LogP contribution in [0.5, 0.6) is 0 Å². The first-order valence-corrected chi connectivity index (χ1v) is 18.0. The van der Waals surface area contributed by atoms with E-state index in [4.69, 9.17) is 6.58 Å². The van der Waals surface area contributed by atoms with Crippen molar-refractivity contribution >= 4 is 0 Å². The first-order valence-electron chi connectivity index (χ1n) is 18.0. The molecule has 3 aliphatic rings. The fraction of sp³-hybridized carbons (Fsp3) is 0.846. The summed E-state index contributed by atoms with van der Waals surface area (Å²) >= 11 is 0. The average Bonchev–Trinajstić information content (AvgIpc) is 2.97. The van der Waals surface area contributed by atoms with Crippen molar-refractivity contribution in [3.8, 4) is 0 Å². The fourth-order valence-electron chi connectivity index (χ4n) is 8.96.